The molecule has 0 radical (unpaired) electrons. The van der Waals surface area contributed by atoms with Crippen molar-refractivity contribution in [2.75, 3.05) is 13.2 Å². The summed E-state index contributed by atoms with van der Waals surface area (Å²) < 4.78 is 8.01. The van der Waals surface area contributed by atoms with Gasteiger partial charge in [0.15, 0.2) is 0 Å². The number of aliphatic imine (C=N–C) groups is 1. The number of benzene rings is 3. The van der Waals surface area contributed by atoms with Crippen LogP contribution in [0.5, 0.6) is 5.75 Å². The number of ether oxygens (including phenoxy) is 1. The van der Waals surface area contributed by atoms with Crippen LogP contribution in [0, 0.1) is 0 Å². The van der Waals surface area contributed by atoms with Gasteiger partial charge in [0, 0.05) is 41.7 Å². The summed E-state index contributed by atoms with van der Waals surface area (Å²) in [4.78, 5) is 4.62. The molecule has 4 aromatic rings. The zero-order valence-corrected chi connectivity index (χ0v) is 17.4. The molecule has 3 aromatic carbocycles. The Bertz CT molecular complexity index is 1140. The highest BCUT2D eigenvalue weighted by atomic mass is 16.5. The van der Waals surface area contributed by atoms with Crippen LogP contribution in [-0.4, -0.2) is 29.1 Å². The van der Waals surface area contributed by atoms with E-state index < -0.39 is 0 Å². The van der Waals surface area contributed by atoms with Crippen molar-refractivity contribution in [1.82, 2.24) is 4.57 Å². The molecule has 0 saturated carbocycles. The quantitative estimate of drug-likeness (QED) is 0.276. The molecule has 0 saturated heterocycles. The van der Waals surface area contributed by atoms with Gasteiger partial charge in [0.1, 0.15) is 5.75 Å². The Kier molecular flexibility index (Phi) is 6.45. The first-order valence-electron chi connectivity index (χ1n) is 10.6. The molecule has 0 atom stereocenters. The van der Waals surface area contributed by atoms with Crippen LogP contribution in [0.3, 0.4) is 0 Å². The van der Waals surface area contributed by atoms with Crippen molar-refractivity contribution >= 4 is 33.7 Å². The largest absolute Gasteiger partial charge is 0.494 e. The second-order valence-electron chi connectivity index (χ2n) is 7.59. The summed E-state index contributed by atoms with van der Waals surface area (Å²) >= 11 is 0. The summed E-state index contributed by atoms with van der Waals surface area (Å²) in [7, 11) is 2.11. The minimum absolute atomic E-state index is 0.276. The van der Waals surface area contributed by atoms with Crippen LogP contribution in [0.15, 0.2) is 71.7 Å². The van der Waals surface area contributed by atoms with E-state index in [-0.39, 0.29) is 6.61 Å². The maximum absolute atomic E-state index is 8.79. The Labute approximate surface area is 177 Å². The predicted molar refractivity (Wildman–Crippen MR) is 125 cm³/mol. The van der Waals surface area contributed by atoms with Crippen molar-refractivity contribution in [3.05, 3.63) is 72.3 Å². The van der Waals surface area contributed by atoms with Gasteiger partial charge < -0.3 is 14.4 Å². The summed E-state index contributed by atoms with van der Waals surface area (Å²) in [6, 6.07) is 22.9. The van der Waals surface area contributed by atoms with Gasteiger partial charge >= 0.3 is 0 Å². The van der Waals surface area contributed by atoms with E-state index in [1.807, 2.05) is 30.5 Å². The molecule has 4 rings (SSSR count). The van der Waals surface area contributed by atoms with Crippen LogP contribution < -0.4 is 4.74 Å². The lowest BCUT2D eigenvalue weighted by Crippen LogP contribution is -1.97. The smallest absolute Gasteiger partial charge is 0.119 e. The van der Waals surface area contributed by atoms with E-state index in [0.29, 0.717) is 6.61 Å². The lowest BCUT2D eigenvalue weighted by atomic mass is 10.1. The number of rotatable bonds is 9. The fourth-order valence-corrected chi connectivity index (χ4v) is 3.79. The van der Waals surface area contributed by atoms with E-state index in [1.165, 1.54) is 21.8 Å². The predicted octanol–water partition coefficient (Wildman–Crippen LogP) is 6.01. The summed E-state index contributed by atoms with van der Waals surface area (Å²) in [6.07, 6.45) is 5.94. The zero-order valence-electron chi connectivity index (χ0n) is 17.4. The van der Waals surface area contributed by atoms with Gasteiger partial charge in [0.05, 0.1) is 12.3 Å². The number of aliphatic hydroxyl groups is 1. The molecule has 30 heavy (non-hydrogen) atoms. The van der Waals surface area contributed by atoms with Crippen LogP contribution in [0.25, 0.3) is 21.8 Å². The molecule has 0 aliphatic rings. The number of para-hydroxylation sites is 1. The van der Waals surface area contributed by atoms with E-state index >= 15 is 0 Å². The average molecular weight is 401 g/mol. The van der Waals surface area contributed by atoms with Gasteiger partial charge in [-0.05, 0) is 61.2 Å². The van der Waals surface area contributed by atoms with Gasteiger partial charge in [-0.25, -0.2) is 0 Å². The third-order valence-electron chi connectivity index (χ3n) is 5.46. The number of hydrogen-bond donors (Lipinski definition) is 1. The average Bonchev–Trinajstić information content (AvgIpc) is 3.07. The minimum Gasteiger partial charge on any atom is -0.494 e. The van der Waals surface area contributed by atoms with E-state index in [2.05, 4.69) is 59.1 Å². The van der Waals surface area contributed by atoms with Crippen molar-refractivity contribution in [2.45, 2.75) is 25.7 Å². The topological polar surface area (TPSA) is 46.8 Å². The molecule has 4 nitrogen and oxygen atoms in total. The van der Waals surface area contributed by atoms with Crippen molar-refractivity contribution in [1.29, 1.82) is 0 Å². The normalized spacial score (nSPS) is 11.7. The molecule has 1 N–H and O–H groups in total. The maximum atomic E-state index is 8.79. The van der Waals surface area contributed by atoms with Gasteiger partial charge in [-0.3, -0.25) is 4.99 Å². The Balaban J connectivity index is 1.40. The van der Waals surface area contributed by atoms with Gasteiger partial charge in [0.25, 0.3) is 0 Å². The van der Waals surface area contributed by atoms with E-state index in [0.717, 1.165) is 42.7 Å². The maximum Gasteiger partial charge on any atom is 0.119 e. The Morgan fingerprint density at radius 2 is 1.63 bits per heavy atom. The van der Waals surface area contributed by atoms with Crippen LogP contribution >= 0.6 is 0 Å². The van der Waals surface area contributed by atoms with Crippen molar-refractivity contribution in [2.24, 2.45) is 12.0 Å². The molecule has 0 amide bonds. The third-order valence-corrected chi connectivity index (χ3v) is 5.46. The lowest BCUT2D eigenvalue weighted by Gasteiger charge is -2.06. The molecule has 0 aliphatic heterocycles. The zero-order chi connectivity index (χ0) is 20.8. The van der Waals surface area contributed by atoms with Crippen LogP contribution in [0.2, 0.25) is 0 Å². The molecule has 0 fully saturated rings. The highest BCUT2D eigenvalue weighted by Gasteiger charge is 2.07. The summed E-state index contributed by atoms with van der Waals surface area (Å²) in [5.74, 6) is 0.869. The van der Waals surface area contributed by atoms with Crippen LogP contribution in [0.1, 0.15) is 31.2 Å². The van der Waals surface area contributed by atoms with Crippen LogP contribution in [0.4, 0.5) is 5.69 Å². The SMILES string of the molecule is Cn1c2ccccc2c2ccc(C=Nc3ccc(OCCCCCCO)cc3)cc21. The third kappa shape index (κ3) is 4.55. The van der Waals surface area contributed by atoms with Crippen molar-refractivity contribution < 1.29 is 9.84 Å². The molecule has 154 valence electrons. The van der Waals surface area contributed by atoms with Crippen molar-refractivity contribution in [3.8, 4) is 5.75 Å². The molecule has 0 unspecified atom stereocenters. The minimum atomic E-state index is 0.276. The molecule has 0 aliphatic carbocycles. The second-order valence-corrected chi connectivity index (χ2v) is 7.59. The van der Waals surface area contributed by atoms with E-state index in [1.54, 1.807) is 0 Å². The number of hydrogen-bond acceptors (Lipinski definition) is 3. The fraction of sp³-hybridized carbons (Fsp3) is 0.269. The number of aryl methyl sites for hydroxylation is 1. The molecular weight excluding hydrogens is 372 g/mol. The molecule has 0 bridgehead atoms. The monoisotopic (exact) mass is 400 g/mol. The van der Waals surface area contributed by atoms with E-state index in [4.69, 9.17) is 9.84 Å². The van der Waals surface area contributed by atoms with Crippen LogP contribution in [-0.2, 0) is 7.05 Å². The second kappa shape index (κ2) is 9.59. The summed E-state index contributed by atoms with van der Waals surface area (Å²) in [5, 5.41) is 11.3. The number of nitrogens with zero attached hydrogens (tertiary/aromatic N) is 2. The molecular formula is C26H28N2O2. The van der Waals surface area contributed by atoms with E-state index in [9.17, 15) is 0 Å². The van der Waals surface area contributed by atoms with Gasteiger partial charge in [-0.1, -0.05) is 36.8 Å². The van der Waals surface area contributed by atoms with Gasteiger partial charge in [0.2, 0.25) is 0 Å². The first kappa shape index (κ1) is 20.2. The lowest BCUT2D eigenvalue weighted by molar-refractivity contribution is 0.273. The molecule has 4 heteroatoms. The highest BCUT2D eigenvalue weighted by Crippen LogP contribution is 2.28. The van der Waals surface area contributed by atoms with Gasteiger partial charge in [-0.15, -0.1) is 0 Å². The first-order valence-corrected chi connectivity index (χ1v) is 10.6. The number of fused-ring (bicyclic) bond motifs is 3. The van der Waals surface area contributed by atoms with Gasteiger partial charge in [-0.2, -0.15) is 0 Å². The fourth-order valence-electron chi connectivity index (χ4n) is 3.79. The number of aliphatic hydroxyl groups excluding tert-OH is 1. The van der Waals surface area contributed by atoms with Crippen molar-refractivity contribution in [3.63, 3.8) is 0 Å². The molecule has 0 spiro atoms. The standard InChI is InChI=1S/C26H28N2O2/c1-28-25-9-5-4-8-23(25)24-15-10-20(18-26(24)28)19-27-21-11-13-22(14-12-21)30-17-7-3-2-6-16-29/h4-5,8-15,18-19,29H,2-3,6-7,16-17H2,1H3. The Morgan fingerprint density at radius 1 is 0.867 bits per heavy atom. The highest BCUT2D eigenvalue weighted by molar-refractivity contribution is 6.09. The first-order chi connectivity index (χ1) is 14.8. The number of unbranched alkanes of at least 4 members (excludes halogenated alkanes) is 3. The summed E-state index contributed by atoms with van der Waals surface area (Å²) in [6.45, 7) is 0.984. The Morgan fingerprint density at radius 3 is 2.47 bits per heavy atom. The Hall–Kier alpha value is -3.11. The molecule has 1 aromatic heterocycles. The summed E-state index contributed by atoms with van der Waals surface area (Å²) in [5.41, 5.74) is 4.44. The number of aromatic nitrogens is 1. The molecule has 1 heterocycles.